The van der Waals surface area contributed by atoms with Crippen LogP contribution in [-0.4, -0.2) is 26.5 Å². The third-order valence-corrected chi connectivity index (χ3v) is 12.9. The lowest BCUT2D eigenvalue weighted by molar-refractivity contribution is -0.138. The van der Waals surface area contributed by atoms with E-state index in [1.54, 1.807) is 0 Å². The number of rotatable bonds is 7. The molecule has 0 heterocycles. The molecule has 1 saturated carbocycles. The summed E-state index contributed by atoms with van der Waals surface area (Å²) in [5.41, 5.74) is 2.99. The molecule has 0 aliphatic heterocycles. The molecule has 0 bridgehead atoms. The Labute approximate surface area is 212 Å². The molecule has 0 unspecified atom stereocenters. The first-order valence-corrected chi connectivity index (χ1v) is 15.0. The van der Waals surface area contributed by atoms with Gasteiger partial charge in [-0.15, -0.1) is 0 Å². The van der Waals surface area contributed by atoms with Gasteiger partial charge < -0.3 is 9.16 Å². The van der Waals surface area contributed by atoms with Crippen LogP contribution >= 0.6 is 0 Å². The molecule has 0 saturated heterocycles. The zero-order valence-corrected chi connectivity index (χ0v) is 23.0. The van der Waals surface area contributed by atoms with E-state index in [0.717, 1.165) is 31.3 Å². The van der Waals surface area contributed by atoms with Crippen molar-refractivity contribution in [3.8, 4) is 0 Å². The lowest BCUT2D eigenvalue weighted by Crippen LogP contribution is -2.71. The highest BCUT2D eigenvalue weighted by atomic mass is 28.4. The Morgan fingerprint density at radius 1 is 0.943 bits per heavy atom. The normalized spacial score (nSPS) is 20.6. The number of hydrogen-bond acceptors (Lipinski definition) is 3. The van der Waals surface area contributed by atoms with Crippen LogP contribution in [0.25, 0.3) is 0 Å². The lowest BCUT2D eigenvalue weighted by Gasteiger charge is -2.55. The predicted molar refractivity (Wildman–Crippen MR) is 147 cm³/mol. The van der Waals surface area contributed by atoms with Crippen LogP contribution in [0.3, 0.4) is 0 Å². The van der Waals surface area contributed by atoms with E-state index in [1.807, 2.05) is 13.8 Å². The van der Waals surface area contributed by atoms with Gasteiger partial charge in [0.2, 0.25) is 0 Å². The van der Waals surface area contributed by atoms with Gasteiger partial charge >= 0.3 is 5.97 Å². The zero-order chi connectivity index (χ0) is 25.1. The lowest BCUT2D eigenvalue weighted by atomic mass is 9.67. The molecule has 1 fully saturated rings. The zero-order valence-electron chi connectivity index (χ0n) is 22.0. The van der Waals surface area contributed by atoms with Crippen molar-refractivity contribution < 1.29 is 14.0 Å². The monoisotopic (exact) mass is 488 g/mol. The van der Waals surface area contributed by atoms with Crippen LogP contribution in [0.2, 0.25) is 5.04 Å². The first-order chi connectivity index (χ1) is 16.7. The van der Waals surface area contributed by atoms with Gasteiger partial charge in [-0.1, -0.05) is 93.1 Å². The molecule has 186 valence electrons. The van der Waals surface area contributed by atoms with Crippen LogP contribution in [0.4, 0.5) is 0 Å². The average Bonchev–Trinajstić information content (AvgIpc) is 2.84. The molecular formula is C31H40O3Si. The summed E-state index contributed by atoms with van der Waals surface area (Å²) in [7, 11) is -2.72. The van der Waals surface area contributed by atoms with E-state index < -0.39 is 8.32 Å². The van der Waals surface area contributed by atoms with Crippen LogP contribution in [0, 0.1) is 0 Å². The Hall–Kier alpha value is -2.43. The van der Waals surface area contributed by atoms with Crippen LogP contribution in [0.5, 0.6) is 0 Å². The van der Waals surface area contributed by atoms with Crippen molar-refractivity contribution in [1.82, 2.24) is 0 Å². The predicted octanol–water partition coefficient (Wildman–Crippen LogP) is 6.48. The molecule has 2 aliphatic rings. The van der Waals surface area contributed by atoms with Gasteiger partial charge in [0.05, 0.1) is 12.2 Å². The Kier molecular flexibility index (Phi) is 7.53. The van der Waals surface area contributed by atoms with Crippen molar-refractivity contribution in [3.63, 3.8) is 0 Å². The number of benzene rings is 2. The van der Waals surface area contributed by atoms with Crippen LogP contribution in [0.15, 0.2) is 83.5 Å². The minimum Gasteiger partial charge on any atom is -0.463 e. The van der Waals surface area contributed by atoms with Gasteiger partial charge in [0.25, 0.3) is 8.32 Å². The Morgan fingerprint density at radius 2 is 1.51 bits per heavy atom. The summed E-state index contributed by atoms with van der Waals surface area (Å²) in [5, 5.41) is 2.51. The molecule has 2 aliphatic carbocycles. The number of allylic oxidation sites excluding steroid dienone is 1. The van der Waals surface area contributed by atoms with E-state index in [1.165, 1.54) is 34.4 Å². The van der Waals surface area contributed by atoms with Crippen molar-refractivity contribution in [2.45, 2.75) is 83.8 Å². The third kappa shape index (κ3) is 4.83. The van der Waals surface area contributed by atoms with Crippen molar-refractivity contribution in [2.75, 3.05) is 6.61 Å². The maximum absolute atomic E-state index is 12.5. The third-order valence-electron chi connectivity index (χ3n) is 7.75. The summed E-state index contributed by atoms with van der Waals surface area (Å²) in [6.07, 6.45) is 8.59. The van der Waals surface area contributed by atoms with Crippen molar-refractivity contribution in [2.24, 2.45) is 0 Å². The summed E-state index contributed by atoms with van der Waals surface area (Å²) in [5.74, 6) is -0.195. The second kappa shape index (κ2) is 10.3. The van der Waals surface area contributed by atoms with E-state index in [9.17, 15) is 4.79 Å². The fraction of sp³-hybridized carbons (Fsp3) is 0.452. The molecule has 4 heteroatoms. The molecule has 3 nitrogen and oxygen atoms in total. The van der Waals surface area contributed by atoms with Gasteiger partial charge in [0.15, 0.2) is 0 Å². The number of hydrogen-bond donors (Lipinski definition) is 0. The SMILES string of the molecule is CCOC(=O)C(C)=C1CC(O[Si](c2ccccc2)(c2ccccc2)C(C)(C)C)(C2=CCCCC2)C1. The van der Waals surface area contributed by atoms with E-state index in [0.29, 0.717) is 6.61 Å². The second-order valence-corrected chi connectivity index (χ2v) is 15.3. The molecular weight excluding hydrogens is 448 g/mol. The molecule has 4 rings (SSSR count). The molecule has 0 amide bonds. The average molecular weight is 489 g/mol. The minimum atomic E-state index is -2.72. The van der Waals surface area contributed by atoms with Crippen LogP contribution in [-0.2, 0) is 14.0 Å². The van der Waals surface area contributed by atoms with Crippen LogP contribution in [0.1, 0.15) is 73.1 Å². The molecule has 0 atom stereocenters. The van der Waals surface area contributed by atoms with Gasteiger partial charge in [0, 0.05) is 18.4 Å². The van der Waals surface area contributed by atoms with Crippen LogP contribution < -0.4 is 10.4 Å². The smallest absolute Gasteiger partial charge is 0.333 e. The molecule has 0 N–H and O–H groups in total. The number of carbonyl (C=O) groups excluding carboxylic acids is 1. The fourth-order valence-corrected chi connectivity index (χ4v) is 10.6. The van der Waals surface area contributed by atoms with E-state index in [-0.39, 0.29) is 16.6 Å². The maximum Gasteiger partial charge on any atom is 0.333 e. The highest BCUT2D eigenvalue weighted by molar-refractivity contribution is 6.99. The number of ether oxygens (including phenoxy) is 1. The second-order valence-electron chi connectivity index (χ2n) is 11.0. The molecule has 0 radical (unpaired) electrons. The topological polar surface area (TPSA) is 35.5 Å². The van der Waals surface area contributed by atoms with Gasteiger partial charge in [-0.2, -0.15) is 0 Å². The summed E-state index contributed by atoms with van der Waals surface area (Å²) >= 11 is 0. The Bertz CT molecular complexity index is 1050. The highest BCUT2D eigenvalue weighted by Crippen LogP contribution is 2.53. The van der Waals surface area contributed by atoms with Gasteiger partial charge in [0.1, 0.15) is 0 Å². The quantitative estimate of drug-likeness (QED) is 0.194. The first-order valence-electron chi connectivity index (χ1n) is 13.1. The molecule has 2 aromatic rings. The summed E-state index contributed by atoms with van der Waals surface area (Å²) in [6.45, 7) is 11.2. The summed E-state index contributed by atoms with van der Waals surface area (Å²) < 4.78 is 13.1. The Balaban J connectivity index is 1.86. The summed E-state index contributed by atoms with van der Waals surface area (Å²) in [6, 6.07) is 21.7. The highest BCUT2D eigenvalue weighted by Gasteiger charge is 2.58. The van der Waals surface area contributed by atoms with Gasteiger partial charge in [-0.05, 0) is 60.5 Å². The van der Waals surface area contributed by atoms with Crippen molar-refractivity contribution >= 4 is 24.7 Å². The molecule has 0 aromatic heterocycles. The minimum absolute atomic E-state index is 0.0897. The molecule has 0 spiro atoms. The first kappa shape index (κ1) is 25.7. The van der Waals surface area contributed by atoms with E-state index in [4.69, 9.17) is 9.16 Å². The van der Waals surface area contributed by atoms with Crippen molar-refractivity contribution in [1.29, 1.82) is 0 Å². The Morgan fingerprint density at radius 3 is 1.97 bits per heavy atom. The van der Waals surface area contributed by atoms with E-state index in [2.05, 4.69) is 87.5 Å². The van der Waals surface area contributed by atoms with Crippen molar-refractivity contribution in [3.05, 3.63) is 83.5 Å². The van der Waals surface area contributed by atoms with E-state index >= 15 is 0 Å². The fourth-order valence-electron chi connectivity index (χ4n) is 5.85. The molecule has 2 aromatic carbocycles. The van der Waals surface area contributed by atoms with Gasteiger partial charge in [-0.25, -0.2) is 4.79 Å². The number of esters is 1. The standard InChI is InChI=1S/C31H40O3Si/c1-6-33-29(32)24(2)25-22-31(23-25,26-16-10-7-11-17-26)34-35(30(3,4)5,27-18-12-8-13-19-27)28-20-14-9-15-21-28/h8-9,12-16,18-21H,6-7,10-11,17,22-23H2,1-5H3. The summed E-state index contributed by atoms with van der Waals surface area (Å²) in [4.78, 5) is 12.5. The molecule has 35 heavy (non-hydrogen) atoms. The number of carbonyl (C=O) groups is 1. The maximum atomic E-state index is 12.5. The van der Waals surface area contributed by atoms with Gasteiger partial charge in [-0.3, -0.25) is 0 Å². The largest absolute Gasteiger partial charge is 0.463 e.